The van der Waals surface area contributed by atoms with Gasteiger partial charge in [0.2, 0.25) is 15.9 Å². The summed E-state index contributed by atoms with van der Waals surface area (Å²) in [5.74, 6) is 0.380. The third kappa shape index (κ3) is 6.05. The highest BCUT2D eigenvalue weighted by Gasteiger charge is 2.15. The van der Waals surface area contributed by atoms with Crippen LogP contribution in [0, 0.1) is 0 Å². The number of carbonyl (C=O) groups excluding carboxylic acids is 1. The molecule has 2 heterocycles. The standard InChI is InChI=1S/C21H18Cl2N6O3S2/c22-16-7-6-14(12-17(16)23)25-20(30)13-33-21-9-8-18-26-27-19(29(18)28-21)10-11-24-34(31,32)15-4-2-1-3-5-15/h1-9,12,24H,10-11,13H2,(H,25,30). The number of thioether (sulfide) groups is 1. The Morgan fingerprint density at radius 1 is 1.00 bits per heavy atom. The number of hydrogen-bond donors (Lipinski definition) is 2. The number of aromatic nitrogens is 4. The van der Waals surface area contributed by atoms with Crippen LogP contribution in [0.2, 0.25) is 10.0 Å². The van der Waals surface area contributed by atoms with Gasteiger partial charge in [-0.25, -0.2) is 13.1 Å². The van der Waals surface area contributed by atoms with E-state index in [1.54, 1.807) is 48.5 Å². The van der Waals surface area contributed by atoms with E-state index in [4.69, 9.17) is 23.2 Å². The quantitative estimate of drug-likeness (QED) is 0.313. The monoisotopic (exact) mass is 536 g/mol. The molecule has 0 spiro atoms. The average molecular weight is 537 g/mol. The fourth-order valence-corrected chi connectivity index (χ4v) is 4.95. The topological polar surface area (TPSA) is 118 Å². The highest BCUT2D eigenvalue weighted by Crippen LogP contribution is 2.25. The Hall–Kier alpha value is -2.70. The number of sulfonamides is 1. The predicted octanol–water partition coefficient (Wildman–Crippen LogP) is 3.68. The molecule has 1 amide bonds. The molecule has 176 valence electrons. The van der Waals surface area contributed by atoms with E-state index in [2.05, 4.69) is 25.3 Å². The lowest BCUT2D eigenvalue weighted by Gasteiger charge is -2.07. The minimum atomic E-state index is -3.62. The molecule has 2 aromatic carbocycles. The number of nitrogens with one attached hydrogen (secondary N) is 2. The molecule has 0 fully saturated rings. The van der Waals surface area contributed by atoms with Gasteiger partial charge in [-0.2, -0.15) is 9.61 Å². The van der Waals surface area contributed by atoms with E-state index < -0.39 is 10.0 Å². The molecule has 9 nitrogen and oxygen atoms in total. The maximum absolute atomic E-state index is 12.4. The zero-order chi connectivity index (χ0) is 24.1. The molecule has 2 aromatic heterocycles. The van der Waals surface area contributed by atoms with Gasteiger partial charge in [0, 0.05) is 18.7 Å². The van der Waals surface area contributed by atoms with E-state index in [-0.39, 0.29) is 29.5 Å². The summed E-state index contributed by atoms with van der Waals surface area (Å²) in [6.45, 7) is 0.128. The third-order valence-corrected chi connectivity index (χ3v) is 7.69. The Morgan fingerprint density at radius 3 is 2.56 bits per heavy atom. The Morgan fingerprint density at radius 2 is 1.79 bits per heavy atom. The van der Waals surface area contributed by atoms with Crippen LogP contribution in [-0.4, -0.2) is 46.4 Å². The van der Waals surface area contributed by atoms with E-state index in [1.165, 1.54) is 28.4 Å². The highest BCUT2D eigenvalue weighted by molar-refractivity contribution is 7.99. The van der Waals surface area contributed by atoms with Crippen LogP contribution < -0.4 is 10.0 Å². The van der Waals surface area contributed by atoms with Gasteiger partial charge in [0.25, 0.3) is 0 Å². The van der Waals surface area contributed by atoms with Crippen LogP contribution in [0.1, 0.15) is 5.82 Å². The molecule has 4 rings (SSSR count). The van der Waals surface area contributed by atoms with Crippen LogP contribution in [0.3, 0.4) is 0 Å². The Bertz CT molecular complexity index is 1430. The van der Waals surface area contributed by atoms with Crippen molar-refractivity contribution in [2.75, 3.05) is 17.6 Å². The number of nitrogens with zero attached hydrogens (tertiary/aromatic N) is 4. The second-order valence-corrected chi connectivity index (χ2v) is 10.6. The van der Waals surface area contributed by atoms with Crippen molar-refractivity contribution in [2.45, 2.75) is 16.3 Å². The van der Waals surface area contributed by atoms with Crippen LogP contribution in [0.15, 0.2) is 70.6 Å². The van der Waals surface area contributed by atoms with Gasteiger partial charge in [-0.3, -0.25) is 4.79 Å². The van der Waals surface area contributed by atoms with Crippen LogP contribution in [0.25, 0.3) is 5.65 Å². The van der Waals surface area contributed by atoms with Crippen LogP contribution in [0.5, 0.6) is 0 Å². The first-order chi connectivity index (χ1) is 16.3. The van der Waals surface area contributed by atoms with E-state index in [0.717, 1.165) is 0 Å². The minimum Gasteiger partial charge on any atom is -0.325 e. The smallest absolute Gasteiger partial charge is 0.240 e. The molecule has 0 bridgehead atoms. The lowest BCUT2D eigenvalue weighted by Crippen LogP contribution is -2.26. The van der Waals surface area contributed by atoms with Gasteiger partial charge in [0.05, 0.1) is 20.7 Å². The Labute approximate surface area is 209 Å². The first kappa shape index (κ1) is 24.4. The van der Waals surface area contributed by atoms with Crippen molar-refractivity contribution < 1.29 is 13.2 Å². The fourth-order valence-electron chi connectivity index (χ4n) is 2.94. The van der Waals surface area contributed by atoms with Crippen molar-refractivity contribution in [1.29, 1.82) is 0 Å². The highest BCUT2D eigenvalue weighted by atomic mass is 35.5. The number of benzene rings is 2. The van der Waals surface area contributed by atoms with Crippen molar-refractivity contribution >= 4 is 62.2 Å². The maximum Gasteiger partial charge on any atom is 0.240 e. The fraction of sp³-hybridized carbons (Fsp3) is 0.143. The largest absolute Gasteiger partial charge is 0.325 e. The number of anilines is 1. The first-order valence-electron chi connectivity index (χ1n) is 9.95. The van der Waals surface area contributed by atoms with Crippen LogP contribution in [-0.2, 0) is 21.2 Å². The Kier molecular flexibility index (Phi) is 7.69. The number of fused-ring (bicyclic) bond motifs is 1. The minimum absolute atomic E-state index is 0.118. The Balaban J connectivity index is 1.36. The molecule has 0 radical (unpaired) electrons. The number of rotatable bonds is 9. The van der Waals surface area contributed by atoms with E-state index in [1.807, 2.05) is 0 Å². The normalized spacial score (nSPS) is 11.6. The maximum atomic E-state index is 12.4. The molecule has 0 saturated heterocycles. The zero-order valence-electron chi connectivity index (χ0n) is 17.5. The first-order valence-corrected chi connectivity index (χ1v) is 13.2. The lowest BCUT2D eigenvalue weighted by molar-refractivity contribution is -0.113. The van der Waals surface area contributed by atoms with Gasteiger partial charge in [0.1, 0.15) is 5.03 Å². The van der Waals surface area contributed by atoms with Crippen molar-refractivity contribution in [1.82, 2.24) is 24.5 Å². The van der Waals surface area contributed by atoms with Gasteiger partial charge < -0.3 is 5.32 Å². The molecule has 13 heteroatoms. The van der Waals surface area contributed by atoms with Gasteiger partial charge in [-0.15, -0.1) is 10.2 Å². The van der Waals surface area contributed by atoms with Gasteiger partial charge in [-0.1, -0.05) is 53.2 Å². The van der Waals surface area contributed by atoms with Crippen molar-refractivity contribution in [2.24, 2.45) is 0 Å². The van der Waals surface area contributed by atoms with E-state index >= 15 is 0 Å². The van der Waals surface area contributed by atoms with Crippen molar-refractivity contribution in [3.8, 4) is 0 Å². The summed E-state index contributed by atoms with van der Waals surface area (Å²) >= 11 is 13.1. The molecule has 0 unspecified atom stereocenters. The molecule has 4 aromatic rings. The number of halogens is 2. The van der Waals surface area contributed by atoms with Crippen molar-refractivity contribution in [3.05, 3.63) is 76.5 Å². The van der Waals surface area contributed by atoms with Crippen LogP contribution in [0.4, 0.5) is 5.69 Å². The van der Waals surface area contributed by atoms with E-state index in [0.29, 0.717) is 32.2 Å². The molecular weight excluding hydrogens is 519 g/mol. The molecule has 2 N–H and O–H groups in total. The molecule has 34 heavy (non-hydrogen) atoms. The van der Waals surface area contributed by atoms with Gasteiger partial charge in [-0.05, 0) is 42.5 Å². The summed E-state index contributed by atoms with van der Waals surface area (Å²) in [6, 6.07) is 16.4. The van der Waals surface area contributed by atoms with Gasteiger partial charge >= 0.3 is 0 Å². The molecule has 0 saturated carbocycles. The second kappa shape index (κ2) is 10.7. The molecule has 0 aliphatic rings. The summed E-state index contributed by atoms with van der Waals surface area (Å²) in [4.78, 5) is 12.5. The predicted molar refractivity (Wildman–Crippen MR) is 132 cm³/mol. The summed E-state index contributed by atoms with van der Waals surface area (Å²) in [5, 5.41) is 16.7. The summed E-state index contributed by atoms with van der Waals surface area (Å²) in [6.07, 6.45) is 0.284. The molecule has 0 aliphatic carbocycles. The van der Waals surface area contributed by atoms with Gasteiger partial charge in [0.15, 0.2) is 11.5 Å². The summed E-state index contributed by atoms with van der Waals surface area (Å²) in [5.41, 5.74) is 1.06. The molecular formula is C21H18Cl2N6O3S2. The number of hydrogen-bond acceptors (Lipinski definition) is 7. The second-order valence-electron chi connectivity index (χ2n) is 6.98. The third-order valence-electron chi connectivity index (χ3n) is 4.55. The molecule has 0 atom stereocenters. The van der Waals surface area contributed by atoms with Crippen LogP contribution >= 0.6 is 35.0 Å². The summed E-state index contributed by atoms with van der Waals surface area (Å²) in [7, 11) is -3.62. The van der Waals surface area contributed by atoms with E-state index in [9.17, 15) is 13.2 Å². The van der Waals surface area contributed by atoms with Crippen molar-refractivity contribution in [3.63, 3.8) is 0 Å². The average Bonchev–Trinajstić information content (AvgIpc) is 3.23. The molecule has 0 aliphatic heterocycles. The number of carbonyl (C=O) groups is 1. The zero-order valence-corrected chi connectivity index (χ0v) is 20.6. The SMILES string of the molecule is O=C(CSc1ccc2nnc(CCNS(=O)(=O)c3ccccc3)n2n1)Nc1ccc(Cl)c(Cl)c1. The lowest BCUT2D eigenvalue weighted by atomic mass is 10.3. The number of amides is 1. The summed E-state index contributed by atoms with van der Waals surface area (Å²) < 4.78 is 28.8.